The lowest BCUT2D eigenvalue weighted by atomic mass is 10.3. The summed E-state index contributed by atoms with van der Waals surface area (Å²) in [6, 6.07) is 6.34. The Morgan fingerprint density at radius 1 is 1.28 bits per heavy atom. The van der Waals surface area contributed by atoms with Crippen LogP contribution in [0, 0.1) is 0 Å². The van der Waals surface area contributed by atoms with E-state index in [0.717, 1.165) is 6.33 Å². The van der Waals surface area contributed by atoms with Gasteiger partial charge in [-0.2, -0.15) is 8.42 Å². The van der Waals surface area contributed by atoms with Gasteiger partial charge in [0, 0.05) is 10.7 Å². The Balaban J connectivity index is 2.63. The molecule has 0 aliphatic carbocycles. The standard InChI is InChI=1S/C10H7ClN2O4S/c11-7-1-3-8(4-2-7)13-6-12-10(9(13)5-14)18(15,16)17/h1-6H,(H,15,16,17). The maximum Gasteiger partial charge on any atom is 0.314 e. The maximum absolute atomic E-state index is 11.0. The first-order valence-corrected chi connectivity index (χ1v) is 6.51. The highest BCUT2D eigenvalue weighted by atomic mass is 35.5. The zero-order chi connectivity index (χ0) is 13.3. The van der Waals surface area contributed by atoms with Crippen molar-refractivity contribution in [3.8, 4) is 5.69 Å². The van der Waals surface area contributed by atoms with Crippen molar-refractivity contribution in [1.29, 1.82) is 0 Å². The van der Waals surface area contributed by atoms with E-state index in [1.54, 1.807) is 24.3 Å². The minimum Gasteiger partial charge on any atom is -0.296 e. The molecule has 0 atom stereocenters. The summed E-state index contributed by atoms with van der Waals surface area (Å²) in [6.07, 6.45) is 1.45. The summed E-state index contributed by atoms with van der Waals surface area (Å²) in [4.78, 5) is 14.5. The molecule has 6 nitrogen and oxygen atoms in total. The van der Waals surface area contributed by atoms with Gasteiger partial charge in [-0.1, -0.05) is 11.6 Å². The molecule has 0 bridgehead atoms. The van der Waals surface area contributed by atoms with E-state index in [1.165, 1.54) is 4.57 Å². The second kappa shape index (κ2) is 4.52. The average Bonchev–Trinajstić information content (AvgIpc) is 2.73. The third kappa shape index (κ3) is 2.28. The Kier molecular flexibility index (Phi) is 3.20. The zero-order valence-corrected chi connectivity index (χ0v) is 10.4. The van der Waals surface area contributed by atoms with Crippen molar-refractivity contribution < 1.29 is 17.8 Å². The van der Waals surface area contributed by atoms with Crippen molar-refractivity contribution in [3.05, 3.63) is 41.3 Å². The van der Waals surface area contributed by atoms with Gasteiger partial charge in [-0.25, -0.2) is 4.98 Å². The predicted octanol–water partition coefficient (Wildman–Crippen LogP) is 1.58. The molecule has 0 amide bonds. The summed E-state index contributed by atoms with van der Waals surface area (Å²) in [5, 5.41) is -0.172. The van der Waals surface area contributed by atoms with Gasteiger partial charge in [-0.05, 0) is 24.3 Å². The number of rotatable bonds is 3. The predicted molar refractivity (Wildman–Crippen MR) is 63.8 cm³/mol. The van der Waals surface area contributed by atoms with E-state index in [-0.39, 0.29) is 5.69 Å². The van der Waals surface area contributed by atoms with E-state index in [9.17, 15) is 13.2 Å². The lowest BCUT2D eigenvalue weighted by Gasteiger charge is -2.04. The molecule has 18 heavy (non-hydrogen) atoms. The fourth-order valence-electron chi connectivity index (χ4n) is 1.45. The molecule has 0 saturated heterocycles. The first-order chi connectivity index (χ1) is 8.43. The lowest BCUT2D eigenvalue weighted by molar-refractivity contribution is 0.111. The number of imidazole rings is 1. The smallest absolute Gasteiger partial charge is 0.296 e. The van der Waals surface area contributed by atoms with E-state index in [1.807, 2.05) is 0 Å². The molecule has 0 saturated carbocycles. The molecule has 0 fully saturated rings. The van der Waals surface area contributed by atoms with Crippen molar-refractivity contribution in [1.82, 2.24) is 9.55 Å². The second-order valence-electron chi connectivity index (χ2n) is 3.37. The summed E-state index contributed by atoms with van der Waals surface area (Å²) in [5.74, 6) is 0. The molecule has 2 rings (SSSR count). The van der Waals surface area contributed by atoms with Crippen LogP contribution < -0.4 is 0 Å². The van der Waals surface area contributed by atoms with Gasteiger partial charge in [0.2, 0.25) is 5.03 Å². The molecule has 2 aromatic rings. The van der Waals surface area contributed by atoms with Crippen LogP contribution in [-0.2, 0) is 10.1 Å². The number of halogens is 1. The van der Waals surface area contributed by atoms with Crippen LogP contribution in [0.5, 0.6) is 0 Å². The first-order valence-electron chi connectivity index (χ1n) is 4.69. The molecule has 8 heteroatoms. The fraction of sp³-hybridized carbons (Fsp3) is 0. The molecule has 1 heterocycles. The molecule has 0 aliphatic heterocycles. The number of nitrogens with zero attached hydrogens (tertiary/aromatic N) is 2. The number of benzene rings is 1. The van der Waals surface area contributed by atoms with E-state index < -0.39 is 15.1 Å². The summed E-state index contributed by atoms with van der Waals surface area (Å²) in [7, 11) is -4.53. The Bertz CT molecular complexity index is 691. The molecule has 0 spiro atoms. The topological polar surface area (TPSA) is 89.3 Å². The van der Waals surface area contributed by atoms with Crippen LogP contribution in [-0.4, -0.2) is 28.8 Å². The minimum absolute atomic E-state index is 0.250. The molecule has 1 aromatic carbocycles. The molecule has 0 aliphatic rings. The van der Waals surface area contributed by atoms with Crippen LogP contribution in [0.4, 0.5) is 0 Å². The summed E-state index contributed by atoms with van der Waals surface area (Å²) >= 11 is 5.72. The van der Waals surface area contributed by atoms with Gasteiger partial charge in [0.15, 0.2) is 6.29 Å². The molecular weight excluding hydrogens is 280 g/mol. The van der Waals surface area contributed by atoms with Crippen LogP contribution in [0.15, 0.2) is 35.6 Å². The number of hydrogen-bond donors (Lipinski definition) is 1. The molecule has 94 valence electrons. The number of carbonyl (C=O) groups excluding carboxylic acids is 1. The highest BCUT2D eigenvalue weighted by Crippen LogP contribution is 2.18. The molecule has 1 aromatic heterocycles. The van der Waals surface area contributed by atoms with Gasteiger partial charge in [0.1, 0.15) is 12.0 Å². The van der Waals surface area contributed by atoms with Gasteiger partial charge in [-0.3, -0.25) is 13.9 Å². The Morgan fingerprint density at radius 2 is 1.89 bits per heavy atom. The monoisotopic (exact) mass is 286 g/mol. The van der Waals surface area contributed by atoms with Crippen molar-refractivity contribution in [2.24, 2.45) is 0 Å². The lowest BCUT2D eigenvalue weighted by Crippen LogP contribution is -2.05. The minimum atomic E-state index is -4.53. The Labute approximate surface area is 108 Å². The molecule has 0 radical (unpaired) electrons. The van der Waals surface area contributed by atoms with Gasteiger partial charge in [0.05, 0.1) is 0 Å². The SMILES string of the molecule is O=Cc1c(S(=O)(=O)O)ncn1-c1ccc(Cl)cc1. The van der Waals surface area contributed by atoms with Crippen LogP contribution in [0.2, 0.25) is 5.02 Å². The van der Waals surface area contributed by atoms with Crippen LogP contribution >= 0.6 is 11.6 Å². The summed E-state index contributed by atoms with van der Waals surface area (Å²) in [6.45, 7) is 0. The quantitative estimate of drug-likeness (QED) is 0.683. The Hall–Kier alpha value is -1.70. The van der Waals surface area contributed by atoms with Gasteiger partial charge < -0.3 is 0 Å². The van der Waals surface area contributed by atoms with E-state index >= 15 is 0 Å². The number of aldehydes is 1. The fourth-order valence-corrected chi connectivity index (χ4v) is 2.17. The van der Waals surface area contributed by atoms with Crippen molar-refractivity contribution in [2.75, 3.05) is 0 Å². The summed E-state index contributed by atoms with van der Waals surface area (Å²) < 4.78 is 32.2. The third-order valence-electron chi connectivity index (χ3n) is 2.23. The van der Waals surface area contributed by atoms with Gasteiger partial charge in [0.25, 0.3) is 0 Å². The normalized spacial score (nSPS) is 11.4. The molecule has 0 unspecified atom stereocenters. The second-order valence-corrected chi connectivity index (χ2v) is 5.15. The van der Waals surface area contributed by atoms with E-state index in [2.05, 4.69) is 4.98 Å². The average molecular weight is 287 g/mol. The zero-order valence-electron chi connectivity index (χ0n) is 8.82. The van der Waals surface area contributed by atoms with Gasteiger partial charge in [-0.15, -0.1) is 0 Å². The highest BCUT2D eigenvalue weighted by Gasteiger charge is 2.21. The molecule has 1 N–H and O–H groups in total. The van der Waals surface area contributed by atoms with Crippen molar-refractivity contribution in [3.63, 3.8) is 0 Å². The van der Waals surface area contributed by atoms with Gasteiger partial charge >= 0.3 is 10.1 Å². The number of aromatic nitrogens is 2. The van der Waals surface area contributed by atoms with E-state index in [4.69, 9.17) is 16.2 Å². The van der Waals surface area contributed by atoms with Crippen LogP contribution in [0.3, 0.4) is 0 Å². The molecular formula is C10H7ClN2O4S. The Morgan fingerprint density at radius 3 is 2.39 bits per heavy atom. The highest BCUT2D eigenvalue weighted by molar-refractivity contribution is 7.85. The van der Waals surface area contributed by atoms with Crippen molar-refractivity contribution >= 4 is 28.0 Å². The van der Waals surface area contributed by atoms with Crippen molar-refractivity contribution in [2.45, 2.75) is 5.03 Å². The third-order valence-corrected chi connectivity index (χ3v) is 3.29. The largest absolute Gasteiger partial charge is 0.314 e. The first kappa shape index (κ1) is 12.7. The van der Waals surface area contributed by atoms with Crippen LogP contribution in [0.1, 0.15) is 10.5 Å². The van der Waals surface area contributed by atoms with Crippen LogP contribution in [0.25, 0.3) is 5.69 Å². The number of carbonyl (C=O) groups is 1. The maximum atomic E-state index is 11.0. The van der Waals surface area contributed by atoms with E-state index in [0.29, 0.717) is 17.0 Å². The summed E-state index contributed by atoms with van der Waals surface area (Å²) in [5.41, 5.74) is 0.253. The number of hydrogen-bond acceptors (Lipinski definition) is 4.